The van der Waals surface area contributed by atoms with Gasteiger partial charge in [-0.15, -0.1) is 33.5 Å². The second kappa shape index (κ2) is 6.27. The molecule has 0 saturated carbocycles. The summed E-state index contributed by atoms with van der Waals surface area (Å²) in [5, 5.41) is 3.75. The number of aryl methyl sites for hydroxylation is 6. The van der Waals surface area contributed by atoms with E-state index in [1.165, 1.54) is 44.2 Å². The molecule has 0 aliphatic heterocycles. The maximum atomic E-state index is 4.90. The van der Waals surface area contributed by atoms with Gasteiger partial charge in [-0.1, -0.05) is 31.9 Å². The summed E-state index contributed by atoms with van der Waals surface area (Å²) in [4.78, 5) is 4.90. The fourth-order valence-corrected chi connectivity index (χ4v) is 3.78. The topological polar surface area (TPSA) is 12.9 Å². The Morgan fingerprint density at radius 1 is 0.739 bits per heavy atom. The molecule has 0 amide bonds. The molecule has 0 unspecified atom stereocenters. The Hall–Kier alpha value is -0.761. The first-order valence-corrected chi connectivity index (χ1v) is 8.43. The maximum Gasteiger partial charge on any atom is 0.0411 e. The molecule has 0 N–H and O–H groups in total. The first-order valence-electron chi connectivity index (χ1n) is 7.64. The molecule has 3 aromatic rings. The largest absolute Gasteiger partial charge is 0.300 e. The van der Waals surface area contributed by atoms with Gasteiger partial charge in [-0.3, -0.25) is 4.98 Å². The Kier molecular flexibility index (Phi) is 5.07. The zero-order valence-electron chi connectivity index (χ0n) is 14.7. The zero-order valence-corrected chi connectivity index (χ0v) is 18.6. The van der Waals surface area contributed by atoms with Crippen LogP contribution in [0.2, 0.25) is 0 Å². The second-order valence-corrected chi connectivity index (χ2v) is 7.15. The van der Waals surface area contributed by atoms with Crippen molar-refractivity contribution in [2.24, 2.45) is 0 Å². The number of pyridine rings is 1. The van der Waals surface area contributed by atoms with E-state index in [9.17, 15) is 0 Å². The van der Waals surface area contributed by atoms with E-state index in [1.54, 1.807) is 0 Å². The van der Waals surface area contributed by atoms with Gasteiger partial charge in [0.1, 0.15) is 0 Å². The first kappa shape index (κ1) is 18.6. The Morgan fingerprint density at radius 2 is 1.26 bits per heavy atom. The van der Waals surface area contributed by atoms with Crippen LogP contribution in [0.3, 0.4) is 0 Å². The van der Waals surface area contributed by atoms with Crippen LogP contribution in [0.5, 0.6) is 0 Å². The van der Waals surface area contributed by atoms with Gasteiger partial charge in [0.2, 0.25) is 0 Å². The van der Waals surface area contributed by atoms with Gasteiger partial charge in [-0.25, -0.2) is 0 Å². The SMILES string of the molecule is Cc1[c-]c2c(c(C)c1C)c(C)c(C)c1c(C)c(Br)c(C)nc12.[Ir]. The monoisotopic (exact) mass is 547 g/mol. The molecule has 0 spiro atoms. The third-order valence-corrected chi connectivity index (χ3v) is 6.32. The molecule has 2 aromatic carbocycles. The quantitative estimate of drug-likeness (QED) is 0.245. The Morgan fingerprint density at radius 3 is 1.87 bits per heavy atom. The molecule has 3 heteroatoms. The molecule has 0 aliphatic rings. The van der Waals surface area contributed by atoms with Crippen molar-refractivity contribution >= 4 is 37.6 Å². The van der Waals surface area contributed by atoms with E-state index in [0.717, 1.165) is 21.1 Å². The number of nitrogens with zero attached hydrogens (tertiary/aromatic N) is 1. The molecule has 0 aliphatic carbocycles. The Labute approximate surface area is 160 Å². The van der Waals surface area contributed by atoms with Crippen LogP contribution in [0.4, 0.5) is 0 Å². The molecule has 0 bridgehead atoms. The van der Waals surface area contributed by atoms with Gasteiger partial charge in [0.25, 0.3) is 0 Å². The van der Waals surface area contributed by atoms with Gasteiger partial charge in [0.15, 0.2) is 0 Å². The summed E-state index contributed by atoms with van der Waals surface area (Å²) in [6.45, 7) is 15.2. The number of hydrogen-bond acceptors (Lipinski definition) is 1. The van der Waals surface area contributed by atoms with Gasteiger partial charge >= 0.3 is 0 Å². The number of halogens is 1. The summed E-state index contributed by atoms with van der Waals surface area (Å²) in [6.07, 6.45) is 0. The molecular weight excluding hydrogens is 526 g/mol. The minimum atomic E-state index is 0. The van der Waals surface area contributed by atoms with Crippen LogP contribution in [0, 0.1) is 54.5 Å². The third-order valence-electron chi connectivity index (χ3n) is 5.15. The van der Waals surface area contributed by atoms with Gasteiger partial charge in [0, 0.05) is 30.3 Å². The van der Waals surface area contributed by atoms with Crippen LogP contribution < -0.4 is 0 Å². The second-order valence-electron chi connectivity index (χ2n) is 6.36. The number of fused-ring (bicyclic) bond motifs is 3. The van der Waals surface area contributed by atoms with E-state index < -0.39 is 0 Å². The molecule has 0 fully saturated rings. The average molecular weight is 548 g/mol. The van der Waals surface area contributed by atoms with Crippen molar-refractivity contribution < 1.29 is 20.1 Å². The first-order chi connectivity index (χ1) is 10.3. The Bertz CT molecular complexity index is 879. The van der Waals surface area contributed by atoms with Gasteiger partial charge in [0.05, 0.1) is 0 Å². The molecule has 123 valence electrons. The molecule has 0 saturated heterocycles. The van der Waals surface area contributed by atoms with Crippen LogP contribution in [-0.4, -0.2) is 4.98 Å². The smallest absolute Gasteiger partial charge is 0.0411 e. The molecular formula is C20H21BrIrN-. The van der Waals surface area contributed by atoms with Gasteiger partial charge in [-0.05, 0) is 60.1 Å². The van der Waals surface area contributed by atoms with Crippen molar-refractivity contribution in [1.82, 2.24) is 4.98 Å². The predicted octanol–water partition coefficient (Wildman–Crippen LogP) is 6.11. The van der Waals surface area contributed by atoms with Crippen LogP contribution in [0.25, 0.3) is 21.7 Å². The maximum absolute atomic E-state index is 4.90. The summed E-state index contributed by atoms with van der Waals surface area (Å²) in [5.41, 5.74) is 9.98. The van der Waals surface area contributed by atoms with Crippen molar-refractivity contribution in [3.05, 3.63) is 49.6 Å². The predicted molar refractivity (Wildman–Crippen MR) is 98.9 cm³/mol. The van der Waals surface area contributed by atoms with E-state index in [4.69, 9.17) is 4.98 Å². The van der Waals surface area contributed by atoms with Gasteiger partial charge < -0.3 is 0 Å². The minimum absolute atomic E-state index is 0. The summed E-state index contributed by atoms with van der Waals surface area (Å²) in [6, 6.07) is 3.61. The number of benzene rings is 2. The fourth-order valence-electron chi connectivity index (χ4n) is 3.49. The third kappa shape index (κ3) is 2.58. The van der Waals surface area contributed by atoms with E-state index in [1.807, 2.05) is 0 Å². The van der Waals surface area contributed by atoms with Crippen LogP contribution in [-0.2, 0) is 20.1 Å². The number of rotatable bonds is 0. The molecule has 1 nitrogen and oxygen atoms in total. The van der Waals surface area contributed by atoms with Gasteiger partial charge in [-0.2, -0.15) is 0 Å². The van der Waals surface area contributed by atoms with Crippen LogP contribution in [0.15, 0.2) is 4.47 Å². The van der Waals surface area contributed by atoms with Crippen LogP contribution in [0.1, 0.15) is 39.1 Å². The number of aromatic nitrogens is 1. The van der Waals surface area contributed by atoms with Crippen molar-refractivity contribution in [3.63, 3.8) is 0 Å². The minimum Gasteiger partial charge on any atom is -0.300 e. The van der Waals surface area contributed by atoms with E-state index in [-0.39, 0.29) is 20.1 Å². The van der Waals surface area contributed by atoms with E-state index in [0.29, 0.717) is 0 Å². The van der Waals surface area contributed by atoms with Crippen molar-refractivity contribution in [2.45, 2.75) is 48.5 Å². The van der Waals surface area contributed by atoms with Crippen molar-refractivity contribution in [1.29, 1.82) is 0 Å². The zero-order chi connectivity index (χ0) is 16.3. The van der Waals surface area contributed by atoms with Crippen molar-refractivity contribution in [3.8, 4) is 0 Å². The summed E-state index contributed by atoms with van der Waals surface area (Å²) < 4.78 is 1.11. The summed E-state index contributed by atoms with van der Waals surface area (Å²) >= 11 is 3.69. The molecule has 1 heterocycles. The van der Waals surface area contributed by atoms with E-state index in [2.05, 4.69) is 70.5 Å². The molecule has 1 aromatic heterocycles. The fraction of sp³-hybridized carbons (Fsp3) is 0.350. The molecule has 0 atom stereocenters. The molecule has 3 rings (SSSR count). The van der Waals surface area contributed by atoms with Crippen LogP contribution >= 0.6 is 15.9 Å². The molecule has 23 heavy (non-hydrogen) atoms. The normalized spacial score (nSPS) is 11.1. The number of hydrogen-bond donors (Lipinski definition) is 0. The summed E-state index contributed by atoms with van der Waals surface area (Å²) in [5.74, 6) is 0. The Balaban J connectivity index is 0.00000192. The van der Waals surface area contributed by atoms with E-state index >= 15 is 0 Å². The average Bonchev–Trinajstić information content (AvgIpc) is 2.47. The molecule has 1 radical (unpaired) electrons. The van der Waals surface area contributed by atoms with Crippen molar-refractivity contribution in [2.75, 3.05) is 0 Å². The standard InChI is InChI=1S/C20H21BrN.Ir/c1-9-8-16-17(11(3)10(9)2)12(4)13(5)18-14(6)19(21)15(7)22-20(16)18;/h1-7H3;/q-1;. The summed E-state index contributed by atoms with van der Waals surface area (Å²) in [7, 11) is 0.